The fraction of sp³-hybridized carbons (Fsp3) is 0.643. The van der Waals surface area contributed by atoms with E-state index in [0.29, 0.717) is 6.10 Å². The number of pyridine rings is 1. The predicted octanol–water partition coefficient (Wildman–Crippen LogP) is 2.78. The van der Waals surface area contributed by atoms with Gasteiger partial charge in [-0.05, 0) is 31.5 Å². The Morgan fingerprint density at radius 3 is 3.00 bits per heavy atom. The van der Waals surface area contributed by atoms with Crippen LogP contribution >= 0.6 is 11.6 Å². The summed E-state index contributed by atoms with van der Waals surface area (Å²) < 4.78 is 5.69. The maximum absolute atomic E-state index is 6.22. The first-order chi connectivity index (χ1) is 9.22. The van der Waals surface area contributed by atoms with Crippen molar-refractivity contribution < 1.29 is 4.74 Å². The van der Waals surface area contributed by atoms with Crippen LogP contribution in [0.5, 0.6) is 0 Å². The van der Waals surface area contributed by atoms with Gasteiger partial charge in [0.25, 0.3) is 0 Å². The van der Waals surface area contributed by atoms with Crippen LogP contribution in [0.3, 0.4) is 0 Å². The van der Waals surface area contributed by atoms with E-state index in [-0.39, 0.29) is 0 Å². The number of nitrogens with one attached hydrogen (secondary N) is 1. The lowest BCUT2D eigenvalue weighted by Crippen LogP contribution is -2.32. The van der Waals surface area contributed by atoms with Crippen LogP contribution in [0.15, 0.2) is 12.1 Å². The van der Waals surface area contributed by atoms with Crippen molar-refractivity contribution in [2.45, 2.75) is 32.4 Å². The van der Waals surface area contributed by atoms with Crippen LogP contribution in [0.1, 0.15) is 25.5 Å². The van der Waals surface area contributed by atoms with E-state index in [0.717, 1.165) is 49.2 Å². The first-order valence-electron chi connectivity index (χ1n) is 6.90. The van der Waals surface area contributed by atoms with Crippen molar-refractivity contribution >= 4 is 17.4 Å². The van der Waals surface area contributed by atoms with E-state index in [1.165, 1.54) is 6.42 Å². The van der Waals surface area contributed by atoms with Crippen molar-refractivity contribution in [1.29, 1.82) is 0 Å². The smallest absolute Gasteiger partial charge is 0.126 e. The molecule has 0 amide bonds. The van der Waals surface area contributed by atoms with Crippen molar-refractivity contribution in [3.05, 3.63) is 22.8 Å². The van der Waals surface area contributed by atoms with Gasteiger partial charge in [0.15, 0.2) is 0 Å². The molecule has 5 heteroatoms. The van der Waals surface area contributed by atoms with Crippen molar-refractivity contribution in [2.75, 3.05) is 32.1 Å². The number of anilines is 1. The van der Waals surface area contributed by atoms with Gasteiger partial charge in [-0.3, -0.25) is 4.90 Å². The van der Waals surface area contributed by atoms with Crippen LogP contribution in [-0.2, 0) is 11.3 Å². The molecule has 1 saturated heterocycles. The summed E-state index contributed by atoms with van der Waals surface area (Å²) in [6.07, 6.45) is 2.70. The number of hydrogen-bond acceptors (Lipinski definition) is 4. The Kier molecular flexibility index (Phi) is 5.43. The Morgan fingerprint density at radius 1 is 1.53 bits per heavy atom. The van der Waals surface area contributed by atoms with Gasteiger partial charge in [-0.1, -0.05) is 18.5 Å². The molecule has 1 atom stereocenters. The predicted molar refractivity (Wildman–Crippen MR) is 78.7 cm³/mol. The minimum Gasteiger partial charge on any atom is -0.377 e. The van der Waals surface area contributed by atoms with E-state index in [9.17, 15) is 0 Å². The third kappa shape index (κ3) is 4.06. The molecular formula is C14H22ClN3O. The largest absolute Gasteiger partial charge is 0.377 e. The van der Waals surface area contributed by atoms with Gasteiger partial charge in [0.05, 0.1) is 16.8 Å². The summed E-state index contributed by atoms with van der Waals surface area (Å²) in [7, 11) is 1.87. The molecule has 0 aromatic carbocycles. The quantitative estimate of drug-likeness (QED) is 0.871. The molecule has 1 aromatic heterocycles. The molecule has 1 fully saturated rings. The van der Waals surface area contributed by atoms with Gasteiger partial charge in [0.1, 0.15) is 5.82 Å². The molecule has 0 spiro atoms. The van der Waals surface area contributed by atoms with Crippen molar-refractivity contribution in [2.24, 2.45) is 0 Å². The van der Waals surface area contributed by atoms with Gasteiger partial charge < -0.3 is 10.1 Å². The average Bonchev–Trinajstić information content (AvgIpc) is 2.93. The van der Waals surface area contributed by atoms with E-state index < -0.39 is 0 Å². The molecule has 4 nitrogen and oxygen atoms in total. The van der Waals surface area contributed by atoms with Crippen LogP contribution in [0.2, 0.25) is 5.02 Å². The Balaban J connectivity index is 2.00. The third-order valence-corrected chi connectivity index (χ3v) is 3.83. The van der Waals surface area contributed by atoms with Crippen molar-refractivity contribution in [1.82, 2.24) is 9.88 Å². The van der Waals surface area contributed by atoms with Gasteiger partial charge in [0, 0.05) is 26.7 Å². The summed E-state index contributed by atoms with van der Waals surface area (Å²) >= 11 is 6.22. The first kappa shape index (κ1) is 14.6. The highest BCUT2D eigenvalue weighted by atomic mass is 35.5. The highest BCUT2D eigenvalue weighted by Gasteiger charge is 2.19. The van der Waals surface area contributed by atoms with Crippen LogP contribution < -0.4 is 5.32 Å². The summed E-state index contributed by atoms with van der Waals surface area (Å²) in [4.78, 5) is 6.86. The van der Waals surface area contributed by atoms with E-state index in [1.54, 1.807) is 0 Å². The number of ether oxygens (including phenoxy) is 1. The van der Waals surface area contributed by atoms with E-state index in [4.69, 9.17) is 16.3 Å². The van der Waals surface area contributed by atoms with Crippen LogP contribution in [0.25, 0.3) is 0 Å². The lowest BCUT2D eigenvalue weighted by Gasteiger charge is -2.23. The lowest BCUT2D eigenvalue weighted by atomic mass is 10.2. The average molecular weight is 284 g/mol. The molecular weight excluding hydrogens is 262 g/mol. The molecule has 0 aliphatic carbocycles. The zero-order valence-electron chi connectivity index (χ0n) is 11.7. The second-order valence-corrected chi connectivity index (χ2v) is 5.24. The fourth-order valence-electron chi connectivity index (χ4n) is 2.33. The van der Waals surface area contributed by atoms with E-state index >= 15 is 0 Å². The Labute approximate surface area is 120 Å². The second kappa shape index (κ2) is 7.08. The minimum absolute atomic E-state index is 0.367. The number of nitrogens with zero attached hydrogens (tertiary/aromatic N) is 2. The van der Waals surface area contributed by atoms with Crippen LogP contribution in [0.4, 0.5) is 5.82 Å². The Hall–Kier alpha value is -0.840. The zero-order chi connectivity index (χ0) is 13.7. The van der Waals surface area contributed by atoms with Crippen LogP contribution in [0, 0.1) is 0 Å². The summed E-state index contributed by atoms with van der Waals surface area (Å²) in [6, 6.07) is 3.79. The van der Waals surface area contributed by atoms with Gasteiger partial charge in [-0.15, -0.1) is 0 Å². The van der Waals surface area contributed by atoms with Gasteiger partial charge in [0.2, 0.25) is 0 Å². The monoisotopic (exact) mass is 283 g/mol. The van der Waals surface area contributed by atoms with E-state index in [1.807, 2.05) is 19.2 Å². The topological polar surface area (TPSA) is 37.4 Å². The Bertz CT molecular complexity index is 408. The summed E-state index contributed by atoms with van der Waals surface area (Å²) in [5.41, 5.74) is 0.924. The van der Waals surface area contributed by atoms with Crippen LogP contribution in [-0.4, -0.2) is 42.7 Å². The van der Waals surface area contributed by atoms with Gasteiger partial charge in [-0.25, -0.2) is 4.98 Å². The Morgan fingerprint density at radius 2 is 2.37 bits per heavy atom. The highest BCUT2D eigenvalue weighted by Crippen LogP contribution is 2.20. The molecule has 2 rings (SSSR count). The number of likely N-dealkylation sites (N-methyl/N-ethyl adjacent to an activating group) is 1. The highest BCUT2D eigenvalue weighted by molar-refractivity contribution is 6.31. The first-order valence-corrected chi connectivity index (χ1v) is 7.28. The zero-order valence-corrected chi connectivity index (χ0v) is 12.4. The van der Waals surface area contributed by atoms with Gasteiger partial charge in [-0.2, -0.15) is 0 Å². The lowest BCUT2D eigenvalue weighted by molar-refractivity contribution is 0.0721. The maximum atomic E-state index is 6.22. The molecule has 0 saturated carbocycles. The molecule has 0 bridgehead atoms. The molecule has 2 heterocycles. The molecule has 106 valence electrons. The minimum atomic E-state index is 0.367. The molecule has 1 unspecified atom stereocenters. The molecule has 1 N–H and O–H groups in total. The third-order valence-electron chi connectivity index (χ3n) is 3.48. The number of rotatable bonds is 6. The SMILES string of the molecule is CCN(Cc1nc(NC)ccc1Cl)CC1CCCO1. The summed E-state index contributed by atoms with van der Waals surface area (Å²) in [5, 5.41) is 3.77. The van der Waals surface area contributed by atoms with Gasteiger partial charge >= 0.3 is 0 Å². The van der Waals surface area contributed by atoms with E-state index in [2.05, 4.69) is 22.1 Å². The molecule has 19 heavy (non-hydrogen) atoms. The number of halogens is 1. The number of hydrogen-bond donors (Lipinski definition) is 1. The molecule has 1 aromatic rings. The van der Waals surface area contributed by atoms with Crippen molar-refractivity contribution in [3.8, 4) is 0 Å². The molecule has 1 aliphatic heterocycles. The standard InChI is InChI=1S/C14H22ClN3O/c1-3-18(9-11-5-4-8-19-11)10-13-12(15)6-7-14(16-2)17-13/h6-7,11H,3-5,8-10H2,1-2H3,(H,16,17). The van der Waals surface area contributed by atoms with Crippen molar-refractivity contribution in [3.63, 3.8) is 0 Å². The molecule has 1 aliphatic rings. The maximum Gasteiger partial charge on any atom is 0.126 e. The molecule has 0 radical (unpaired) electrons. The summed E-state index contributed by atoms with van der Waals surface area (Å²) in [5.74, 6) is 0.854. The second-order valence-electron chi connectivity index (χ2n) is 4.84. The summed E-state index contributed by atoms with van der Waals surface area (Å²) in [6.45, 7) is 5.76. The number of aromatic nitrogens is 1. The fourth-order valence-corrected chi connectivity index (χ4v) is 2.49. The normalized spacial score (nSPS) is 19.1.